The first-order valence-corrected chi connectivity index (χ1v) is 7.10. The standard InChI is InChI=1S/C15H22ClNO4/c1-9(2)11(16)8-17-15(18)10-6-13(20-4)14(21-5)7-12(10)19-3/h6-7,9,11H,8H2,1-5H3,(H,17,18). The lowest BCUT2D eigenvalue weighted by molar-refractivity contribution is 0.0949. The van der Waals surface area contributed by atoms with Gasteiger partial charge in [0, 0.05) is 18.7 Å². The molecule has 0 aliphatic heterocycles. The Hall–Kier alpha value is -1.62. The van der Waals surface area contributed by atoms with E-state index in [0.29, 0.717) is 29.4 Å². The van der Waals surface area contributed by atoms with Crippen LogP contribution in [0.25, 0.3) is 0 Å². The highest BCUT2D eigenvalue weighted by atomic mass is 35.5. The number of benzene rings is 1. The van der Waals surface area contributed by atoms with Gasteiger partial charge in [-0.25, -0.2) is 0 Å². The normalized spacial score (nSPS) is 12.0. The van der Waals surface area contributed by atoms with Gasteiger partial charge in [-0.2, -0.15) is 0 Å². The van der Waals surface area contributed by atoms with Crippen molar-refractivity contribution < 1.29 is 19.0 Å². The summed E-state index contributed by atoms with van der Waals surface area (Å²) in [5, 5.41) is 2.67. The maximum absolute atomic E-state index is 12.3. The lowest BCUT2D eigenvalue weighted by Crippen LogP contribution is -2.32. The predicted molar refractivity (Wildman–Crippen MR) is 82.9 cm³/mol. The van der Waals surface area contributed by atoms with Crippen molar-refractivity contribution in [3.8, 4) is 17.2 Å². The van der Waals surface area contributed by atoms with Crippen molar-refractivity contribution in [1.82, 2.24) is 5.32 Å². The minimum atomic E-state index is -0.265. The lowest BCUT2D eigenvalue weighted by atomic mass is 10.1. The molecule has 1 unspecified atom stereocenters. The minimum absolute atomic E-state index is 0.125. The van der Waals surface area contributed by atoms with Gasteiger partial charge >= 0.3 is 0 Å². The summed E-state index contributed by atoms with van der Waals surface area (Å²) in [5.41, 5.74) is 0.378. The highest BCUT2D eigenvalue weighted by molar-refractivity contribution is 6.21. The first-order chi connectivity index (χ1) is 9.94. The van der Waals surface area contributed by atoms with E-state index < -0.39 is 0 Å². The molecule has 6 heteroatoms. The molecule has 1 N–H and O–H groups in total. The number of hydrogen-bond donors (Lipinski definition) is 1. The van der Waals surface area contributed by atoms with Crippen LogP contribution in [0.1, 0.15) is 24.2 Å². The Morgan fingerprint density at radius 2 is 1.62 bits per heavy atom. The fourth-order valence-electron chi connectivity index (χ4n) is 1.73. The summed E-state index contributed by atoms with van der Waals surface area (Å²) in [4.78, 5) is 12.3. The number of methoxy groups -OCH3 is 3. The smallest absolute Gasteiger partial charge is 0.255 e. The van der Waals surface area contributed by atoms with Crippen LogP contribution in [-0.2, 0) is 0 Å². The Bertz CT molecular complexity index is 491. The molecule has 0 bridgehead atoms. The summed E-state index contributed by atoms with van der Waals surface area (Å²) >= 11 is 6.14. The first-order valence-electron chi connectivity index (χ1n) is 6.66. The van der Waals surface area contributed by atoms with Gasteiger partial charge in [-0.05, 0) is 5.92 Å². The number of amides is 1. The maximum Gasteiger partial charge on any atom is 0.255 e. The number of carbonyl (C=O) groups is 1. The third kappa shape index (κ3) is 4.43. The van der Waals surface area contributed by atoms with Crippen molar-refractivity contribution in [2.75, 3.05) is 27.9 Å². The molecule has 1 amide bonds. The molecule has 0 aromatic heterocycles. The Labute approximate surface area is 130 Å². The third-order valence-corrected chi connectivity index (χ3v) is 3.79. The highest BCUT2D eigenvalue weighted by Crippen LogP contribution is 2.34. The van der Waals surface area contributed by atoms with Crippen LogP contribution in [0.15, 0.2) is 12.1 Å². The number of nitrogens with one attached hydrogen (secondary N) is 1. The van der Waals surface area contributed by atoms with Crippen molar-refractivity contribution in [3.05, 3.63) is 17.7 Å². The molecule has 0 heterocycles. The average molecular weight is 316 g/mol. The number of carbonyl (C=O) groups excluding carboxylic acids is 1. The third-order valence-electron chi connectivity index (χ3n) is 3.13. The second-order valence-electron chi connectivity index (χ2n) is 4.88. The fourth-order valence-corrected chi connectivity index (χ4v) is 1.80. The van der Waals surface area contributed by atoms with Gasteiger partial charge in [-0.3, -0.25) is 4.79 Å². The van der Waals surface area contributed by atoms with E-state index in [0.717, 1.165) is 0 Å². The molecule has 1 aromatic carbocycles. The summed E-state index contributed by atoms with van der Waals surface area (Å²) in [7, 11) is 4.54. The van der Waals surface area contributed by atoms with Gasteiger partial charge in [0.05, 0.1) is 32.3 Å². The van der Waals surface area contributed by atoms with Gasteiger partial charge < -0.3 is 19.5 Å². The zero-order chi connectivity index (χ0) is 16.0. The molecule has 0 aliphatic carbocycles. The topological polar surface area (TPSA) is 56.8 Å². The van der Waals surface area contributed by atoms with Gasteiger partial charge in [-0.1, -0.05) is 13.8 Å². The molecule has 1 aromatic rings. The summed E-state index contributed by atoms with van der Waals surface area (Å²) in [6.45, 7) is 4.39. The van der Waals surface area contributed by atoms with Gasteiger partial charge in [0.25, 0.3) is 5.91 Å². The molecule has 0 fully saturated rings. The van der Waals surface area contributed by atoms with E-state index in [1.165, 1.54) is 21.3 Å². The minimum Gasteiger partial charge on any atom is -0.496 e. The fraction of sp³-hybridized carbons (Fsp3) is 0.533. The Morgan fingerprint density at radius 1 is 1.10 bits per heavy atom. The first kappa shape index (κ1) is 17.4. The second kappa shape index (κ2) is 7.98. The molecular formula is C15H22ClNO4. The van der Waals surface area contributed by atoms with E-state index in [2.05, 4.69) is 5.32 Å². The molecule has 21 heavy (non-hydrogen) atoms. The predicted octanol–water partition coefficient (Wildman–Crippen LogP) is 2.71. The van der Waals surface area contributed by atoms with Crippen LogP contribution in [0.4, 0.5) is 0 Å². The number of alkyl halides is 1. The Kier molecular flexibility index (Phi) is 6.62. The molecule has 0 saturated heterocycles. The summed E-state index contributed by atoms with van der Waals surface area (Å²) in [6.07, 6.45) is 0. The van der Waals surface area contributed by atoms with Crippen LogP contribution in [0.3, 0.4) is 0 Å². The Morgan fingerprint density at radius 3 is 2.10 bits per heavy atom. The van der Waals surface area contributed by atoms with Crippen LogP contribution in [-0.4, -0.2) is 39.2 Å². The summed E-state index contributed by atoms with van der Waals surface area (Å²) in [6, 6.07) is 3.21. The number of ether oxygens (including phenoxy) is 3. The van der Waals surface area contributed by atoms with Crippen LogP contribution in [0.2, 0.25) is 0 Å². The van der Waals surface area contributed by atoms with Gasteiger partial charge in [0.2, 0.25) is 0 Å². The van der Waals surface area contributed by atoms with Crippen molar-refractivity contribution >= 4 is 17.5 Å². The lowest BCUT2D eigenvalue weighted by Gasteiger charge is -2.16. The zero-order valence-corrected chi connectivity index (χ0v) is 13.8. The quantitative estimate of drug-likeness (QED) is 0.786. The molecule has 5 nitrogen and oxygen atoms in total. The monoisotopic (exact) mass is 315 g/mol. The molecule has 118 valence electrons. The van der Waals surface area contributed by atoms with Gasteiger partial charge in [-0.15, -0.1) is 11.6 Å². The summed E-state index contributed by atoms with van der Waals surface area (Å²) in [5.74, 6) is 1.40. The van der Waals surface area contributed by atoms with E-state index in [1.807, 2.05) is 13.8 Å². The molecular weight excluding hydrogens is 294 g/mol. The molecule has 0 saturated carbocycles. The van der Waals surface area contributed by atoms with Crippen LogP contribution in [0, 0.1) is 5.92 Å². The van der Waals surface area contributed by atoms with E-state index in [4.69, 9.17) is 25.8 Å². The average Bonchev–Trinajstić information content (AvgIpc) is 2.50. The van der Waals surface area contributed by atoms with Crippen LogP contribution < -0.4 is 19.5 Å². The summed E-state index contributed by atoms with van der Waals surface area (Å²) < 4.78 is 15.6. The SMILES string of the molecule is COc1cc(OC)c(C(=O)NCC(Cl)C(C)C)cc1OC. The van der Waals surface area contributed by atoms with Crippen LogP contribution in [0.5, 0.6) is 17.2 Å². The molecule has 0 spiro atoms. The molecule has 1 atom stereocenters. The Balaban J connectivity index is 2.97. The zero-order valence-electron chi connectivity index (χ0n) is 13.0. The van der Waals surface area contributed by atoms with Crippen molar-refractivity contribution in [2.24, 2.45) is 5.92 Å². The van der Waals surface area contributed by atoms with E-state index in [9.17, 15) is 4.79 Å². The molecule has 1 rings (SSSR count). The number of halogens is 1. The highest BCUT2D eigenvalue weighted by Gasteiger charge is 2.19. The second-order valence-corrected chi connectivity index (χ2v) is 5.44. The van der Waals surface area contributed by atoms with E-state index in [1.54, 1.807) is 12.1 Å². The maximum atomic E-state index is 12.3. The van der Waals surface area contributed by atoms with Gasteiger partial charge in [0.1, 0.15) is 5.75 Å². The van der Waals surface area contributed by atoms with Crippen molar-refractivity contribution in [1.29, 1.82) is 0 Å². The van der Waals surface area contributed by atoms with Gasteiger partial charge in [0.15, 0.2) is 11.5 Å². The molecule has 0 radical (unpaired) electrons. The molecule has 0 aliphatic rings. The van der Waals surface area contributed by atoms with E-state index in [-0.39, 0.29) is 17.2 Å². The number of hydrogen-bond acceptors (Lipinski definition) is 4. The number of rotatable bonds is 7. The largest absolute Gasteiger partial charge is 0.496 e. The van der Waals surface area contributed by atoms with Crippen molar-refractivity contribution in [3.63, 3.8) is 0 Å². The van der Waals surface area contributed by atoms with Crippen LogP contribution >= 0.6 is 11.6 Å². The van der Waals surface area contributed by atoms with Crippen molar-refractivity contribution in [2.45, 2.75) is 19.2 Å². The van der Waals surface area contributed by atoms with E-state index >= 15 is 0 Å².